The summed E-state index contributed by atoms with van der Waals surface area (Å²) in [4.78, 5) is 14.1. The molecule has 0 unspecified atom stereocenters. The van der Waals surface area contributed by atoms with Crippen molar-refractivity contribution in [2.75, 3.05) is 29.9 Å². The summed E-state index contributed by atoms with van der Waals surface area (Å²) in [5.41, 5.74) is 3.07. The summed E-state index contributed by atoms with van der Waals surface area (Å²) >= 11 is 3.50. The van der Waals surface area contributed by atoms with Crippen molar-refractivity contribution in [1.29, 1.82) is 0 Å². The zero-order chi connectivity index (χ0) is 18.4. The third-order valence-corrected chi connectivity index (χ3v) is 4.43. The molecule has 8 heteroatoms. The molecule has 0 atom stereocenters. The normalized spacial score (nSPS) is 14.0. The Bertz CT molecular complexity index is 767. The van der Waals surface area contributed by atoms with Crippen LogP contribution in [-0.2, 0) is 0 Å². The topological polar surface area (TPSA) is 79.1 Å². The Morgan fingerprint density at radius 2 is 2.08 bits per heavy atom. The number of rotatable bonds is 6. The molecule has 0 bridgehead atoms. The van der Waals surface area contributed by atoms with E-state index in [9.17, 15) is 4.79 Å². The predicted octanol–water partition coefficient (Wildman–Crippen LogP) is 4.20. The van der Waals surface area contributed by atoms with Crippen LogP contribution in [0.15, 0.2) is 44.3 Å². The average Bonchev–Trinajstić information content (AvgIpc) is 3.26. The number of anilines is 2. The van der Waals surface area contributed by atoms with E-state index in [0.717, 1.165) is 29.2 Å². The average molecular weight is 421 g/mol. The molecule has 0 saturated carbocycles. The van der Waals surface area contributed by atoms with E-state index in [0.29, 0.717) is 18.1 Å². The van der Waals surface area contributed by atoms with Gasteiger partial charge in [0.25, 0.3) is 0 Å². The largest absolute Gasteiger partial charge is 0.494 e. The minimum Gasteiger partial charge on any atom is -0.494 e. The van der Waals surface area contributed by atoms with Crippen LogP contribution in [0.1, 0.15) is 25.5 Å². The quantitative estimate of drug-likeness (QED) is 0.542. The van der Waals surface area contributed by atoms with E-state index in [1.165, 1.54) is 19.1 Å². The van der Waals surface area contributed by atoms with Gasteiger partial charge < -0.3 is 19.4 Å². The first-order valence-corrected chi connectivity index (χ1v) is 9.32. The number of halogens is 1. The minimum atomic E-state index is -0.434. The minimum absolute atomic E-state index is 0.434. The van der Waals surface area contributed by atoms with Gasteiger partial charge in [0.05, 0.1) is 17.3 Å². The van der Waals surface area contributed by atoms with E-state index < -0.39 is 6.03 Å². The molecule has 2 heterocycles. The van der Waals surface area contributed by atoms with Crippen molar-refractivity contribution >= 4 is 39.7 Å². The zero-order valence-electron chi connectivity index (χ0n) is 14.5. The standard InChI is InChI=1S/C18H21BrN4O3/c1-2-25-14-7-5-13(6-8-14)21-18(24)22-20-12-15-11-16(19)17(26-15)23-9-3-4-10-23/h5-8,11-12H,2-4,9-10H2,1H3,(H2,21,22,24)/b20-12+. The number of furan rings is 1. The maximum absolute atomic E-state index is 11.9. The van der Waals surface area contributed by atoms with E-state index in [2.05, 4.69) is 36.7 Å². The van der Waals surface area contributed by atoms with Gasteiger partial charge in [0.2, 0.25) is 5.88 Å². The third kappa shape index (κ3) is 4.78. The lowest BCUT2D eigenvalue weighted by atomic mass is 10.3. The molecule has 3 rings (SSSR count). The van der Waals surface area contributed by atoms with Crippen LogP contribution in [0.4, 0.5) is 16.4 Å². The summed E-state index contributed by atoms with van der Waals surface area (Å²) < 4.78 is 12.0. The summed E-state index contributed by atoms with van der Waals surface area (Å²) in [6, 6.07) is 8.52. The molecular formula is C18H21BrN4O3. The smallest absolute Gasteiger partial charge is 0.339 e. The summed E-state index contributed by atoms with van der Waals surface area (Å²) in [6.07, 6.45) is 3.82. The van der Waals surface area contributed by atoms with Crippen LogP contribution in [0.5, 0.6) is 5.75 Å². The van der Waals surface area contributed by atoms with Crippen molar-refractivity contribution in [2.45, 2.75) is 19.8 Å². The number of carbonyl (C=O) groups excluding carboxylic acids is 1. The van der Waals surface area contributed by atoms with Crippen molar-refractivity contribution in [3.05, 3.63) is 40.6 Å². The number of carbonyl (C=O) groups is 1. The summed E-state index contributed by atoms with van der Waals surface area (Å²) in [6.45, 7) is 4.50. The first-order chi connectivity index (χ1) is 12.7. The van der Waals surface area contributed by atoms with Gasteiger partial charge in [0.15, 0.2) is 5.76 Å². The molecule has 2 amide bonds. The summed E-state index contributed by atoms with van der Waals surface area (Å²) in [7, 11) is 0. The van der Waals surface area contributed by atoms with Gasteiger partial charge in [-0.05, 0) is 60.0 Å². The number of hydrogen-bond donors (Lipinski definition) is 2. The van der Waals surface area contributed by atoms with Gasteiger partial charge in [-0.2, -0.15) is 5.10 Å². The van der Waals surface area contributed by atoms with Crippen molar-refractivity contribution in [1.82, 2.24) is 5.43 Å². The fourth-order valence-corrected chi connectivity index (χ4v) is 3.25. The molecule has 7 nitrogen and oxygen atoms in total. The van der Waals surface area contributed by atoms with Crippen LogP contribution >= 0.6 is 15.9 Å². The molecule has 26 heavy (non-hydrogen) atoms. The van der Waals surface area contributed by atoms with E-state index >= 15 is 0 Å². The monoisotopic (exact) mass is 420 g/mol. The van der Waals surface area contributed by atoms with E-state index in [1.54, 1.807) is 24.3 Å². The van der Waals surface area contributed by atoms with Gasteiger partial charge >= 0.3 is 6.03 Å². The van der Waals surface area contributed by atoms with Crippen molar-refractivity contribution in [3.8, 4) is 5.75 Å². The van der Waals surface area contributed by atoms with Crippen molar-refractivity contribution in [2.24, 2.45) is 5.10 Å². The van der Waals surface area contributed by atoms with Crippen molar-refractivity contribution in [3.63, 3.8) is 0 Å². The van der Waals surface area contributed by atoms with Crippen LogP contribution in [0.3, 0.4) is 0 Å². The molecule has 0 aliphatic carbocycles. The van der Waals surface area contributed by atoms with Gasteiger partial charge in [-0.25, -0.2) is 10.2 Å². The lowest BCUT2D eigenvalue weighted by Gasteiger charge is -2.13. The Hall–Kier alpha value is -2.48. The second kappa shape index (κ2) is 8.75. The molecule has 1 aliphatic heterocycles. The fraction of sp³-hybridized carbons (Fsp3) is 0.333. The Balaban J connectivity index is 1.51. The Morgan fingerprint density at radius 3 is 2.77 bits per heavy atom. The Morgan fingerprint density at radius 1 is 1.35 bits per heavy atom. The van der Waals surface area contributed by atoms with E-state index in [-0.39, 0.29) is 0 Å². The van der Waals surface area contributed by atoms with Gasteiger partial charge in [0, 0.05) is 24.8 Å². The summed E-state index contributed by atoms with van der Waals surface area (Å²) in [5.74, 6) is 2.14. The zero-order valence-corrected chi connectivity index (χ0v) is 16.1. The van der Waals surface area contributed by atoms with Crippen LogP contribution in [-0.4, -0.2) is 31.9 Å². The highest BCUT2D eigenvalue weighted by Crippen LogP contribution is 2.31. The van der Waals surface area contributed by atoms with Crippen LogP contribution in [0.25, 0.3) is 0 Å². The van der Waals surface area contributed by atoms with E-state index in [1.807, 2.05) is 13.0 Å². The lowest BCUT2D eigenvalue weighted by molar-refractivity contribution is 0.252. The summed E-state index contributed by atoms with van der Waals surface area (Å²) in [5, 5.41) is 6.61. The molecule has 138 valence electrons. The number of benzene rings is 1. The molecule has 2 aromatic rings. The van der Waals surface area contributed by atoms with Gasteiger partial charge in [-0.1, -0.05) is 0 Å². The number of nitrogens with one attached hydrogen (secondary N) is 2. The van der Waals surface area contributed by atoms with Gasteiger partial charge in [0.1, 0.15) is 5.75 Å². The maximum Gasteiger partial charge on any atom is 0.339 e. The lowest BCUT2D eigenvalue weighted by Crippen LogP contribution is -2.24. The molecular weight excluding hydrogens is 400 g/mol. The molecule has 0 spiro atoms. The fourth-order valence-electron chi connectivity index (χ4n) is 2.69. The highest BCUT2D eigenvalue weighted by molar-refractivity contribution is 9.10. The molecule has 1 fully saturated rings. The molecule has 0 radical (unpaired) electrons. The second-order valence-corrected chi connectivity index (χ2v) is 6.63. The highest BCUT2D eigenvalue weighted by atomic mass is 79.9. The second-order valence-electron chi connectivity index (χ2n) is 5.78. The molecule has 1 aliphatic rings. The molecule has 2 N–H and O–H groups in total. The number of urea groups is 1. The van der Waals surface area contributed by atoms with Gasteiger partial charge in [-0.15, -0.1) is 0 Å². The van der Waals surface area contributed by atoms with Crippen LogP contribution < -0.4 is 20.4 Å². The Labute approximate surface area is 160 Å². The molecule has 1 saturated heterocycles. The molecule has 1 aromatic carbocycles. The predicted molar refractivity (Wildman–Crippen MR) is 105 cm³/mol. The number of nitrogens with zero attached hydrogens (tertiary/aromatic N) is 2. The number of amides is 2. The Kier molecular flexibility index (Phi) is 6.17. The van der Waals surface area contributed by atoms with Gasteiger partial charge in [-0.3, -0.25) is 0 Å². The van der Waals surface area contributed by atoms with Crippen molar-refractivity contribution < 1.29 is 13.9 Å². The highest BCUT2D eigenvalue weighted by Gasteiger charge is 2.19. The first-order valence-electron chi connectivity index (χ1n) is 8.53. The van der Waals surface area contributed by atoms with Crippen LogP contribution in [0, 0.1) is 0 Å². The van der Waals surface area contributed by atoms with Crippen LogP contribution in [0.2, 0.25) is 0 Å². The van der Waals surface area contributed by atoms with E-state index in [4.69, 9.17) is 9.15 Å². The first kappa shape index (κ1) is 18.3. The number of hydrogen-bond acceptors (Lipinski definition) is 5. The third-order valence-electron chi connectivity index (χ3n) is 3.86. The SMILES string of the molecule is CCOc1ccc(NC(=O)N/N=C/c2cc(Br)c(N3CCCC3)o2)cc1. The number of ether oxygens (including phenoxy) is 1. The molecule has 1 aromatic heterocycles. The number of hydrazone groups is 1. The maximum atomic E-state index is 11.9.